The third kappa shape index (κ3) is 38.3. The second-order valence-corrected chi connectivity index (χ2v) is 20.9. The van der Waals surface area contributed by atoms with E-state index in [-0.39, 0.29) is 0 Å². The first-order chi connectivity index (χ1) is 34.2. The van der Waals surface area contributed by atoms with Crippen molar-refractivity contribution in [2.75, 3.05) is 0 Å². The topological polar surface area (TPSA) is 24.7 Å². The summed E-state index contributed by atoms with van der Waals surface area (Å²) in [5.41, 5.74) is 6.44. The standard InChI is InChI=1S/C67H110N2/c1-5-9-13-15-17-19-21-23-25-27-29-31-33-35-37-39-41-43-45-48-50-62-54-58-64(59-55-62)68-66(52-12-8-4)67(53-47-11-7-3)69-65-60-56-63(57-61-65)51-49-46-44-42-40-38-36-34-32-30-28-26-24-22-20-18-16-14-10-6-2/h54-61H,5-47,52-53H2,1-4H3. The molecule has 0 aliphatic carbocycles. The zero-order chi connectivity index (χ0) is 49.2. The molecule has 0 saturated heterocycles. The monoisotopic (exact) mass is 943 g/mol. The lowest BCUT2D eigenvalue weighted by atomic mass is 10.0. The Bertz CT molecular complexity index is 1610. The zero-order valence-corrected chi connectivity index (χ0v) is 46.3. The summed E-state index contributed by atoms with van der Waals surface area (Å²) in [6.45, 7) is 9.15. The molecular weight excluding hydrogens is 833 g/mol. The number of aliphatic imine (C=N–C) groups is 2. The summed E-state index contributed by atoms with van der Waals surface area (Å²) < 4.78 is 0. The Labute approximate surface area is 430 Å². The number of hydrogen-bond acceptors (Lipinski definition) is 2. The highest BCUT2D eigenvalue weighted by molar-refractivity contribution is 6.43. The molecule has 69 heavy (non-hydrogen) atoms. The van der Waals surface area contributed by atoms with Gasteiger partial charge >= 0.3 is 0 Å². The van der Waals surface area contributed by atoms with Gasteiger partial charge in [0.2, 0.25) is 0 Å². The van der Waals surface area contributed by atoms with Gasteiger partial charge in [-0.25, -0.2) is 0 Å². The first-order valence-corrected chi connectivity index (χ1v) is 30.5. The molecule has 0 radical (unpaired) electrons. The van der Waals surface area contributed by atoms with Crippen LogP contribution in [0.25, 0.3) is 0 Å². The van der Waals surface area contributed by atoms with Gasteiger partial charge in [0.1, 0.15) is 0 Å². The van der Waals surface area contributed by atoms with Crippen LogP contribution < -0.4 is 0 Å². The molecule has 388 valence electrons. The third-order valence-electron chi connectivity index (χ3n) is 14.2. The fraction of sp³-hybridized carbons (Fsp3) is 0.731. The summed E-state index contributed by atoms with van der Waals surface area (Å²) in [4.78, 5) is 10.5. The van der Waals surface area contributed by atoms with Crippen LogP contribution in [0.5, 0.6) is 0 Å². The average molecular weight is 944 g/mol. The summed E-state index contributed by atoms with van der Waals surface area (Å²) in [5, 5.41) is 0. The Balaban J connectivity index is 1.69. The first-order valence-electron chi connectivity index (χ1n) is 30.5. The normalized spacial score (nSPS) is 11.7. The Morgan fingerprint density at radius 2 is 0.507 bits per heavy atom. The van der Waals surface area contributed by atoms with Gasteiger partial charge in [-0.2, -0.15) is 0 Å². The van der Waals surface area contributed by atoms with Crippen LogP contribution in [0, 0.1) is 23.7 Å². The van der Waals surface area contributed by atoms with Crippen molar-refractivity contribution in [3.05, 3.63) is 59.7 Å². The van der Waals surface area contributed by atoms with Crippen molar-refractivity contribution in [2.45, 2.75) is 317 Å². The number of rotatable bonds is 46. The quantitative estimate of drug-likeness (QED) is 0.0359. The van der Waals surface area contributed by atoms with Crippen LogP contribution in [0.3, 0.4) is 0 Å². The Kier molecular flexibility index (Phi) is 43.6. The van der Waals surface area contributed by atoms with Crippen molar-refractivity contribution in [1.29, 1.82) is 0 Å². The van der Waals surface area contributed by atoms with Crippen molar-refractivity contribution in [1.82, 2.24) is 0 Å². The Morgan fingerprint density at radius 3 is 0.783 bits per heavy atom. The molecule has 0 fully saturated rings. The smallest absolute Gasteiger partial charge is 0.0634 e. The van der Waals surface area contributed by atoms with Crippen LogP contribution in [0.4, 0.5) is 11.4 Å². The highest BCUT2D eigenvalue weighted by Gasteiger charge is 2.11. The third-order valence-corrected chi connectivity index (χ3v) is 14.2. The van der Waals surface area contributed by atoms with E-state index in [2.05, 4.69) is 99.9 Å². The van der Waals surface area contributed by atoms with E-state index in [0.29, 0.717) is 0 Å². The van der Waals surface area contributed by atoms with E-state index in [9.17, 15) is 0 Å². The van der Waals surface area contributed by atoms with Gasteiger partial charge in [-0.05, 0) is 87.1 Å². The molecule has 0 bridgehead atoms. The number of nitrogens with zero attached hydrogens (tertiary/aromatic N) is 2. The number of hydrogen-bond donors (Lipinski definition) is 0. The lowest BCUT2D eigenvalue weighted by molar-refractivity contribution is 0.525. The summed E-state index contributed by atoms with van der Waals surface area (Å²) >= 11 is 0. The van der Waals surface area contributed by atoms with Crippen LogP contribution in [0.2, 0.25) is 0 Å². The van der Waals surface area contributed by atoms with Gasteiger partial charge in [-0.3, -0.25) is 9.98 Å². The van der Waals surface area contributed by atoms with Gasteiger partial charge in [0.15, 0.2) is 0 Å². The number of unbranched alkanes of at least 4 members (excludes halogenated alkanes) is 39. The summed E-state index contributed by atoms with van der Waals surface area (Å²) in [7, 11) is 0. The van der Waals surface area contributed by atoms with Crippen molar-refractivity contribution in [2.24, 2.45) is 9.98 Å². The van der Waals surface area contributed by atoms with Gasteiger partial charge < -0.3 is 0 Å². The highest BCUT2D eigenvalue weighted by Crippen LogP contribution is 2.22. The van der Waals surface area contributed by atoms with E-state index in [4.69, 9.17) is 9.98 Å². The molecule has 0 aliphatic rings. The van der Waals surface area contributed by atoms with E-state index in [1.54, 1.807) is 0 Å². The van der Waals surface area contributed by atoms with Crippen molar-refractivity contribution < 1.29 is 0 Å². The molecule has 2 aromatic rings. The van der Waals surface area contributed by atoms with Crippen LogP contribution >= 0.6 is 0 Å². The van der Waals surface area contributed by atoms with Gasteiger partial charge in [0, 0.05) is 24.0 Å². The molecule has 2 aromatic carbocycles. The zero-order valence-electron chi connectivity index (χ0n) is 46.3. The molecule has 0 unspecified atom stereocenters. The second-order valence-electron chi connectivity index (χ2n) is 20.9. The Hall–Kier alpha value is -3.10. The van der Waals surface area contributed by atoms with Crippen LogP contribution in [-0.2, 0) is 0 Å². The van der Waals surface area contributed by atoms with Crippen LogP contribution in [-0.4, -0.2) is 11.4 Å². The first kappa shape index (κ1) is 62.0. The summed E-state index contributed by atoms with van der Waals surface area (Å²) in [6.07, 6.45) is 60.5. The SMILES string of the molecule is CCCCCCCCCCCCCCCCCCCCC#Cc1ccc(N=C(CCCC)C(CCCCC)=Nc2ccc(C#CCCCCCCCCCCCCCCCCCCCC)cc2)cc1. The average Bonchev–Trinajstić information content (AvgIpc) is 3.37. The molecule has 0 amide bonds. The lowest BCUT2D eigenvalue weighted by Crippen LogP contribution is -2.14. The minimum absolute atomic E-state index is 0.950. The second kappa shape index (κ2) is 48.5. The maximum Gasteiger partial charge on any atom is 0.0634 e. The molecule has 0 atom stereocenters. The van der Waals surface area contributed by atoms with Crippen molar-refractivity contribution in [3.8, 4) is 23.7 Å². The lowest BCUT2D eigenvalue weighted by Gasteiger charge is -2.11. The highest BCUT2D eigenvalue weighted by atomic mass is 14.8. The molecule has 0 saturated carbocycles. The van der Waals surface area contributed by atoms with Gasteiger partial charge in [0.25, 0.3) is 0 Å². The van der Waals surface area contributed by atoms with E-state index in [0.717, 1.165) is 78.9 Å². The molecule has 0 heterocycles. The Morgan fingerprint density at radius 1 is 0.275 bits per heavy atom. The van der Waals surface area contributed by atoms with E-state index < -0.39 is 0 Å². The minimum Gasteiger partial charge on any atom is -0.252 e. The number of benzene rings is 2. The van der Waals surface area contributed by atoms with Gasteiger partial charge in [0.05, 0.1) is 22.8 Å². The van der Waals surface area contributed by atoms with E-state index >= 15 is 0 Å². The molecular formula is C67H110N2. The molecule has 2 nitrogen and oxygen atoms in total. The summed E-state index contributed by atoms with van der Waals surface area (Å²) in [6, 6.07) is 17.2. The molecule has 0 aromatic heterocycles. The molecule has 2 rings (SSSR count). The van der Waals surface area contributed by atoms with Crippen LogP contribution in [0.1, 0.15) is 328 Å². The maximum atomic E-state index is 5.26. The minimum atomic E-state index is 0.950. The van der Waals surface area contributed by atoms with Crippen molar-refractivity contribution in [3.63, 3.8) is 0 Å². The fourth-order valence-electron chi connectivity index (χ4n) is 9.53. The summed E-state index contributed by atoms with van der Waals surface area (Å²) in [5.74, 6) is 13.7. The maximum absolute atomic E-state index is 5.26. The largest absolute Gasteiger partial charge is 0.252 e. The molecule has 0 spiro atoms. The van der Waals surface area contributed by atoms with E-state index in [1.807, 2.05) is 0 Å². The van der Waals surface area contributed by atoms with Crippen LogP contribution in [0.15, 0.2) is 58.5 Å². The van der Waals surface area contributed by atoms with Gasteiger partial charge in [-0.15, -0.1) is 0 Å². The molecule has 0 aliphatic heterocycles. The predicted molar refractivity (Wildman–Crippen MR) is 311 cm³/mol. The van der Waals surface area contributed by atoms with E-state index in [1.165, 1.54) is 244 Å². The predicted octanol–water partition coefficient (Wildman–Crippen LogP) is 22.9. The molecule has 0 N–H and O–H groups in total. The molecule has 2 heteroatoms. The fourth-order valence-corrected chi connectivity index (χ4v) is 9.53. The van der Waals surface area contributed by atoms with Gasteiger partial charge in [-0.1, -0.05) is 289 Å². The van der Waals surface area contributed by atoms with Crippen molar-refractivity contribution >= 4 is 22.8 Å².